The van der Waals surface area contributed by atoms with E-state index >= 15 is 0 Å². The summed E-state index contributed by atoms with van der Waals surface area (Å²) in [6.07, 6.45) is 10.2. The van der Waals surface area contributed by atoms with E-state index in [1.807, 2.05) is 56.7 Å². The fraction of sp³-hybridized carbons (Fsp3) is 0.333. The van der Waals surface area contributed by atoms with Crippen molar-refractivity contribution < 1.29 is 4.79 Å². The summed E-state index contributed by atoms with van der Waals surface area (Å²) in [5.41, 5.74) is 2.72. The van der Waals surface area contributed by atoms with Crippen LogP contribution < -0.4 is 10.6 Å². The Morgan fingerprint density at radius 2 is 2.03 bits per heavy atom. The molecule has 4 rings (SSSR count). The van der Waals surface area contributed by atoms with Crippen LogP contribution in [0.1, 0.15) is 35.8 Å². The maximum absolute atomic E-state index is 13.2. The van der Waals surface area contributed by atoms with Crippen molar-refractivity contribution in [2.45, 2.75) is 31.6 Å². The van der Waals surface area contributed by atoms with E-state index in [4.69, 9.17) is 0 Å². The minimum Gasteiger partial charge on any atom is -0.366 e. The SMILES string of the molecule is CCc1cnc(NC(=O)C2(c3cccc(-c4cnc(NCC=CCN(C)C)c(C#N)c4)c3)CC2)s1. The molecule has 8 heteroatoms. The maximum Gasteiger partial charge on any atom is 0.236 e. The lowest BCUT2D eigenvalue weighted by molar-refractivity contribution is -0.118. The van der Waals surface area contributed by atoms with Crippen LogP contribution in [0.15, 0.2) is 54.9 Å². The van der Waals surface area contributed by atoms with Crippen LogP contribution in [0.2, 0.25) is 0 Å². The minimum atomic E-state index is -0.528. The second-order valence-electron chi connectivity index (χ2n) is 8.95. The number of hydrogen-bond acceptors (Lipinski definition) is 7. The van der Waals surface area contributed by atoms with E-state index < -0.39 is 5.41 Å². The third-order valence-electron chi connectivity index (χ3n) is 6.09. The van der Waals surface area contributed by atoms with Crippen LogP contribution in [0.4, 0.5) is 10.9 Å². The summed E-state index contributed by atoms with van der Waals surface area (Å²) in [5, 5.41) is 16.6. The first-order valence-corrected chi connectivity index (χ1v) is 12.6. The lowest BCUT2D eigenvalue weighted by Gasteiger charge is -2.16. The van der Waals surface area contributed by atoms with Crippen molar-refractivity contribution >= 4 is 28.2 Å². The molecule has 1 amide bonds. The highest BCUT2D eigenvalue weighted by Crippen LogP contribution is 2.49. The normalized spacial score (nSPS) is 14.1. The zero-order chi connectivity index (χ0) is 24.8. The third-order valence-corrected chi connectivity index (χ3v) is 7.15. The van der Waals surface area contributed by atoms with Gasteiger partial charge >= 0.3 is 0 Å². The Morgan fingerprint density at radius 3 is 2.71 bits per heavy atom. The lowest BCUT2D eigenvalue weighted by Crippen LogP contribution is -2.27. The molecule has 0 atom stereocenters. The maximum atomic E-state index is 13.2. The van der Waals surface area contributed by atoms with Crippen LogP contribution in [0.25, 0.3) is 11.1 Å². The Morgan fingerprint density at radius 1 is 1.20 bits per heavy atom. The van der Waals surface area contributed by atoms with Crippen LogP contribution in [0, 0.1) is 11.3 Å². The van der Waals surface area contributed by atoms with Crippen molar-refractivity contribution in [1.82, 2.24) is 14.9 Å². The van der Waals surface area contributed by atoms with Crippen molar-refractivity contribution in [3.63, 3.8) is 0 Å². The number of hydrogen-bond donors (Lipinski definition) is 2. The van der Waals surface area contributed by atoms with Gasteiger partial charge in [-0.3, -0.25) is 4.79 Å². The molecule has 0 radical (unpaired) electrons. The molecule has 0 unspecified atom stereocenters. The Bertz CT molecular complexity index is 1270. The van der Waals surface area contributed by atoms with Gasteiger partial charge in [0.25, 0.3) is 0 Å². The van der Waals surface area contributed by atoms with E-state index in [2.05, 4.69) is 44.6 Å². The molecule has 7 nitrogen and oxygen atoms in total. The number of anilines is 2. The van der Waals surface area contributed by atoms with E-state index in [0.29, 0.717) is 23.1 Å². The van der Waals surface area contributed by atoms with Gasteiger partial charge in [0, 0.05) is 35.9 Å². The molecule has 1 aromatic carbocycles. The van der Waals surface area contributed by atoms with Crippen molar-refractivity contribution in [2.24, 2.45) is 0 Å². The van der Waals surface area contributed by atoms with Gasteiger partial charge in [-0.05, 0) is 50.6 Å². The quantitative estimate of drug-likeness (QED) is 0.398. The topological polar surface area (TPSA) is 93.9 Å². The van der Waals surface area contributed by atoms with Gasteiger partial charge in [0.15, 0.2) is 5.13 Å². The Kier molecular flexibility index (Phi) is 7.59. The summed E-state index contributed by atoms with van der Waals surface area (Å²) in [6.45, 7) is 3.53. The van der Waals surface area contributed by atoms with E-state index in [1.54, 1.807) is 6.20 Å². The van der Waals surface area contributed by atoms with Crippen LogP contribution in [-0.4, -0.2) is 48.0 Å². The molecular formula is C27H30N6OS. The van der Waals surface area contributed by atoms with Crippen LogP contribution >= 0.6 is 11.3 Å². The summed E-state index contributed by atoms with van der Waals surface area (Å²) in [6, 6.07) is 12.1. The van der Waals surface area contributed by atoms with E-state index in [9.17, 15) is 10.1 Å². The number of nitrogens with zero attached hydrogens (tertiary/aromatic N) is 4. The summed E-state index contributed by atoms with van der Waals surface area (Å²) < 4.78 is 0. The average Bonchev–Trinajstić information content (AvgIpc) is 3.57. The van der Waals surface area contributed by atoms with Crippen molar-refractivity contribution in [3.8, 4) is 17.2 Å². The lowest BCUT2D eigenvalue weighted by atomic mass is 9.92. The van der Waals surface area contributed by atoms with E-state index in [1.165, 1.54) is 11.3 Å². The summed E-state index contributed by atoms with van der Waals surface area (Å²) in [4.78, 5) is 25.2. The molecule has 35 heavy (non-hydrogen) atoms. The fourth-order valence-electron chi connectivity index (χ4n) is 3.89. The molecule has 2 N–H and O–H groups in total. The van der Waals surface area contributed by atoms with Crippen LogP contribution in [-0.2, 0) is 16.6 Å². The molecule has 3 aromatic rings. The van der Waals surface area contributed by atoms with Gasteiger partial charge in [-0.2, -0.15) is 5.26 Å². The van der Waals surface area contributed by atoms with Crippen LogP contribution in [0.5, 0.6) is 0 Å². The highest BCUT2D eigenvalue weighted by atomic mass is 32.1. The number of aryl methyl sites for hydroxylation is 1. The van der Waals surface area contributed by atoms with Gasteiger partial charge in [0.1, 0.15) is 11.9 Å². The van der Waals surface area contributed by atoms with Crippen molar-refractivity contribution in [1.29, 1.82) is 5.26 Å². The number of likely N-dealkylation sites (N-methyl/N-ethyl adjacent to an activating group) is 1. The summed E-state index contributed by atoms with van der Waals surface area (Å²) >= 11 is 1.52. The van der Waals surface area contributed by atoms with Gasteiger partial charge in [-0.25, -0.2) is 9.97 Å². The molecule has 0 spiro atoms. The number of amides is 1. The van der Waals surface area contributed by atoms with Gasteiger partial charge in [0.2, 0.25) is 5.91 Å². The zero-order valence-corrected chi connectivity index (χ0v) is 21.2. The number of nitrogens with one attached hydrogen (secondary N) is 2. The van der Waals surface area contributed by atoms with Gasteiger partial charge < -0.3 is 15.5 Å². The fourth-order valence-corrected chi connectivity index (χ4v) is 4.63. The molecule has 1 fully saturated rings. The number of aromatic nitrogens is 2. The molecule has 180 valence electrons. The highest BCUT2D eigenvalue weighted by molar-refractivity contribution is 7.15. The average molecular weight is 487 g/mol. The largest absolute Gasteiger partial charge is 0.366 e. The van der Waals surface area contributed by atoms with E-state index in [0.717, 1.165) is 47.4 Å². The van der Waals surface area contributed by atoms with Crippen molar-refractivity contribution in [2.75, 3.05) is 37.8 Å². The smallest absolute Gasteiger partial charge is 0.236 e. The number of carbonyl (C=O) groups is 1. The molecule has 1 aliphatic carbocycles. The first kappa shape index (κ1) is 24.6. The molecule has 1 saturated carbocycles. The second kappa shape index (κ2) is 10.8. The number of benzene rings is 1. The number of thiazole rings is 1. The van der Waals surface area contributed by atoms with E-state index in [-0.39, 0.29) is 5.91 Å². The van der Waals surface area contributed by atoms with Crippen molar-refractivity contribution in [3.05, 3.63) is 70.9 Å². The van der Waals surface area contributed by atoms with Gasteiger partial charge in [0.05, 0.1) is 11.0 Å². The van der Waals surface area contributed by atoms with Gasteiger partial charge in [-0.1, -0.05) is 43.3 Å². The predicted molar refractivity (Wildman–Crippen MR) is 142 cm³/mol. The minimum absolute atomic E-state index is 0.00985. The Hall–Kier alpha value is -3.54. The number of rotatable bonds is 10. The first-order valence-electron chi connectivity index (χ1n) is 11.8. The number of carbonyl (C=O) groups excluding carboxylic acids is 1. The van der Waals surface area contributed by atoms with Gasteiger partial charge in [-0.15, -0.1) is 11.3 Å². The molecule has 0 saturated heterocycles. The number of pyridine rings is 1. The standard InChI is InChI=1S/C27H30N6OS/c1-4-23-18-31-26(35-23)32-25(34)27(10-11-27)22-9-7-8-19(15-22)21-14-20(16-28)24(30-17-21)29-12-5-6-13-33(2)3/h5-9,14-15,17-18H,4,10-13H2,1-3H3,(H,29,30)(H,31,32,34). The Balaban J connectivity index is 1.50. The second-order valence-corrected chi connectivity index (χ2v) is 10.1. The summed E-state index contributed by atoms with van der Waals surface area (Å²) in [5.74, 6) is 0.555. The van der Waals surface area contributed by atoms with Crippen LogP contribution in [0.3, 0.4) is 0 Å². The summed E-state index contributed by atoms with van der Waals surface area (Å²) in [7, 11) is 4.03. The highest BCUT2D eigenvalue weighted by Gasteiger charge is 2.51. The Labute approximate surface area is 210 Å². The molecule has 0 aliphatic heterocycles. The predicted octanol–water partition coefficient (Wildman–Crippen LogP) is 4.84. The zero-order valence-electron chi connectivity index (χ0n) is 20.3. The molecule has 0 bridgehead atoms. The molecule has 1 aliphatic rings. The number of nitriles is 1. The first-order chi connectivity index (χ1) is 16.9. The monoisotopic (exact) mass is 486 g/mol. The molecule has 2 heterocycles. The third kappa shape index (κ3) is 5.76. The molecular weight excluding hydrogens is 456 g/mol. The molecule has 2 aromatic heterocycles.